The van der Waals surface area contributed by atoms with Gasteiger partial charge in [-0.25, -0.2) is 17.9 Å². The van der Waals surface area contributed by atoms with Crippen LogP contribution in [0.15, 0.2) is 17.5 Å². The highest BCUT2D eigenvalue weighted by Gasteiger charge is 2.02. The second-order valence-electron chi connectivity index (χ2n) is 3.11. The molecule has 0 unspecified atom stereocenters. The van der Waals surface area contributed by atoms with Gasteiger partial charge in [0.05, 0.1) is 6.26 Å². The Bertz CT molecular complexity index is 501. The quantitative estimate of drug-likeness (QED) is 0.771. The van der Waals surface area contributed by atoms with Crippen LogP contribution in [0, 0.1) is 0 Å². The van der Waals surface area contributed by atoms with Crippen LogP contribution in [0.4, 0.5) is 0 Å². The molecule has 0 saturated heterocycles. The molecule has 0 aromatic carbocycles. The first-order valence-corrected chi connectivity index (χ1v) is 7.07. The molecule has 0 radical (unpaired) electrons. The maximum atomic E-state index is 10.8. The molecular weight excluding hydrogens is 250 g/mol. The molecule has 0 amide bonds. The van der Waals surface area contributed by atoms with Gasteiger partial charge in [0, 0.05) is 17.5 Å². The molecule has 0 aliphatic rings. The molecule has 1 heterocycles. The van der Waals surface area contributed by atoms with Crippen molar-refractivity contribution in [2.45, 2.75) is 6.54 Å². The van der Waals surface area contributed by atoms with Gasteiger partial charge in [0.1, 0.15) is 0 Å². The molecule has 1 aromatic heterocycles. The van der Waals surface area contributed by atoms with Crippen LogP contribution in [0.3, 0.4) is 0 Å². The number of carbonyl (C=O) groups is 1. The number of nitrogens with one attached hydrogen (secondary N) is 1. The minimum atomic E-state index is -3.19. The van der Waals surface area contributed by atoms with Crippen molar-refractivity contribution in [1.29, 1.82) is 0 Å². The molecule has 1 aromatic rings. The van der Waals surface area contributed by atoms with Crippen molar-refractivity contribution in [3.05, 3.63) is 28.0 Å². The molecule has 0 fully saturated rings. The van der Waals surface area contributed by atoms with Crippen molar-refractivity contribution in [1.82, 2.24) is 4.72 Å². The number of sulfonamides is 1. The van der Waals surface area contributed by atoms with Gasteiger partial charge in [-0.05, 0) is 23.1 Å². The van der Waals surface area contributed by atoms with E-state index in [9.17, 15) is 13.2 Å². The Morgan fingerprint density at radius 3 is 2.88 bits per heavy atom. The van der Waals surface area contributed by atoms with Crippen LogP contribution in [-0.4, -0.2) is 25.7 Å². The van der Waals surface area contributed by atoms with Crippen LogP contribution < -0.4 is 4.72 Å². The zero-order valence-electron chi connectivity index (χ0n) is 8.50. The first-order chi connectivity index (χ1) is 7.37. The van der Waals surface area contributed by atoms with E-state index in [0.29, 0.717) is 0 Å². The van der Waals surface area contributed by atoms with Gasteiger partial charge < -0.3 is 5.11 Å². The molecule has 2 N–H and O–H groups in total. The first-order valence-electron chi connectivity index (χ1n) is 4.30. The molecule has 7 heteroatoms. The van der Waals surface area contributed by atoms with Crippen molar-refractivity contribution >= 4 is 33.4 Å². The summed E-state index contributed by atoms with van der Waals surface area (Å²) >= 11 is 1.37. The summed E-state index contributed by atoms with van der Waals surface area (Å²) in [6.07, 6.45) is 3.59. The summed E-state index contributed by atoms with van der Waals surface area (Å²) in [4.78, 5) is 11.1. The normalized spacial score (nSPS) is 12.1. The summed E-state index contributed by atoms with van der Waals surface area (Å²) in [5, 5.41) is 10.2. The van der Waals surface area contributed by atoms with E-state index in [0.717, 1.165) is 22.8 Å². The Labute approximate surface area is 97.5 Å². The van der Waals surface area contributed by atoms with Gasteiger partial charge in [-0.1, -0.05) is 0 Å². The maximum Gasteiger partial charge on any atom is 0.328 e. The minimum absolute atomic E-state index is 0.227. The fourth-order valence-electron chi connectivity index (χ4n) is 0.947. The average molecular weight is 261 g/mol. The predicted octanol–water partition coefficient (Wildman–Crippen LogP) is 0.895. The zero-order chi connectivity index (χ0) is 12.2. The van der Waals surface area contributed by atoms with Gasteiger partial charge in [0.25, 0.3) is 0 Å². The van der Waals surface area contributed by atoms with Crippen molar-refractivity contribution in [2.75, 3.05) is 6.26 Å². The van der Waals surface area contributed by atoms with Crippen LogP contribution in [0.5, 0.6) is 0 Å². The standard InChI is InChI=1S/C9H11NO4S2/c1-16(13,14)10-5-8-4-7(6-15-8)2-3-9(11)12/h2-4,6,10H,5H2,1H3,(H,11,12). The lowest BCUT2D eigenvalue weighted by atomic mass is 10.3. The number of hydrogen-bond donors (Lipinski definition) is 2. The van der Waals surface area contributed by atoms with E-state index in [1.807, 2.05) is 0 Å². The third kappa shape index (κ3) is 5.06. The van der Waals surface area contributed by atoms with Gasteiger partial charge in [-0.2, -0.15) is 0 Å². The predicted molar refractivity (Wildman–Crippen MR) is 62.7 cm³/mol. The number of carboxylic acid groups (broad SMARTS) is 1. The first kappa shape index (κ1) is 12.9. The minimum Gasteiger partial charge on any atom is -0.478 e. The van der Waals surface area contributed by atoms with Gasteiger partial charge in [0.15, 0.2) is 0 Å². The Balaban J connectivity index is 2.62. The average Bonchev–Trinajstić information content (AvgIpc) is 2.58. The van der Waals surface area contributed by atoms with E-state index in [1.165, 1.54) is 17.4 Å². The Morgan fingerprint density at radius 1 is 1.62 bits per heavy atom. The molecule has 16 heavy (non-hydrogen) atoms. The van der Waals surface area contributed by atoms with E-state index in [2.05, 4.69) is 4.72 Å². The van der Waals surface area contributed by atoms with E-state index < -0.39 is 16.0 Å². The SMILES string of the molecule is CS(=O)(=O)NCc1cc(C=CC(=O)O)cs1. The smallest absolute Gasteiger partial charge is 0.328 e. The lowest BCUT2D eigenvalue weighted by Crippen LogP contribution is -2.20. The summed E-state index contributed by atoms with van der Waals surface area (Å²) in [5.74, 6) is -1.01. The van der Waals surface area contributed by atoms with Crippen molar-refractivity contribution in [3.63, 3.8) is 0 Å². The fraction of sp³-hybridized carbons (Fsp3) is 0.222. The monoisotopic (exact) mass is 261 g/mol. The highest BCUT2D eigenvalue weighted by Crippen LogP contribution is 2.15. The van der Waals surface area contributed by atoms with Crippen molar-refractivity contribution in [3.8, 4) is 0 Å². The van der Waals surface area contributed by atoms with E-state index in [4.69, 9.17) is 5.11 Å². The third-order valence-corrected chi connectivity index (χ3v) is 3.22. The van der Waals surface area contributed by atoms with Gasteiger partial charge in [-0.3, -0.25) is 0 Å². The van der Waals surface area contributed by atoms with E-state index in [-0.39, 0.29) is 6.54 Å². The van der Waals surface area contributed by atoms with E-state index in [1.54, 1.807) is 11.4 Å². The molecule has 0 saturated carbocycles. The van der Waals surface area contributed by atoms with Crippen LogP contribution in [0.1, 0.15) is 10.4 Å². The number of hydrogen-bond acceptors (Lipinski definition) is 4. The van der Waals surface area contributed by atoms with Crippen LogP contribution in [0.25, 0.3) is 6.08 Å². The fourth-order valence-corrected chi connectivity index (χ4v) is 2.25. The largest absolute Gasteiger partial charge is 0.478 e. The van der Waals surface area contributed by atoms with Crippen LogP contribution in [0.2, 0.25) is 0 Å². The van der Waals surface area contributed by atoms with Crippen LogP contribution in [-0.2, 0) is 21.4 Å². The lowest BCUT2D eigenvalue weighted by Gasteiger charge is -1.97. The summed E-state index contributed by atoms with van der Waals surface area (Å²) in [7, 11) is -3.19. The second kappa shape index (κ2) is 5.24. The van der Waals surface area contributed by atoms with Crippen molar-refractivity contribution in [2.24, 2.45) is 0 Å². The molecule has 0 bridgehead atoms. The number of aliphatic carboxylic acids is 1. The van der Waals surface area contributed by atoms with Gasteiger partial charge in [0.2, 0.25) is 10.0 Å². The summed E-state index contributed by atoms with van der Waals surface area (Å²) in [6, 6.07) is 1.74. The molecule has 0 atom stereocenters. The molecule has 1 rings (SSSR count). The molecule has 0 aliphatic carbocycles. The number of carboxylic acids is 1. The summed E-state index contributed by atoms with van der Waals surface area (Å²) in [6.45, 7) is 0.227. The number of rotatable bonds is 5. The lowest BCUT2D eigenvalue weighted by molar-refractivity contribution is -0.131. The Kier molecular flexibility index (Phi) is 4.22. The highest BCUT2D eigenvalue weighted by molar-refractivity contribution is 7.88. The van der Waals surface area contributed by atoms with Gasteiger partial charge in [-0.15, -0.1) is 11.3 Å². The molecule has 0 aliphatic heterocycles. The van der Waals surface area contributed by atoms with Crippen molar-refractivity contribution < 1.29 is 18.3 Å². The molecule has 0 spiro atoms. The number of thiophene rings is 1. The second-order valence-corrected chi connectivity index (χ2v) is 5.94. The zero-order valence-corrected chi connectivity index (χ0v) is 10.1. The molecule has 5 nitrogen and oxygen atoms in total. The highest BCUT2D eigenvalue weighted by atomic mass is 32.2. The van der Waals surface area contributed by atoms with Gasteiger partial charge >= 0.3 is 5.97 Å². The Morgan fingerprint density at radius 2 is 2.31 bits per heavy atom. The topological polar surface area (TPSA) is 83.5 Å². The summed E-state index contributed by atoms with van der Waals surface area (Å²) in [5.41, 5.74) is 0.748. The van der Waals surface area contributed by atoms with E-state index >= 15 is 0 Å². The molecule has 88 valence electrons. The molecular formula is C9H11NO4S2. The summed E-state index contributed by atoms with van der Waals surface area (Å²) < 4.78 is 24.0. The maximum absolute atomic E-state index is 10.8. The van der Waals surface area contributed by atoms with Crippen LogP contribution >= 0.6 is 11.3 Å². The third-order valence-electron chi connectivity index (χ3n) is 1.60. The Hall–Kier alpha value is -1.18.